The minimum Gasteiger partial charge on any atom is -0.481 e. The first-order valence-electron chi connectivity index (χ1n) is 11.8. The highest BCUT2D eigenvalue weighted by atomic mass is 16.4. The zero-order chi connectivity index (χ0) is 23.0. The van der Waals surface area contributed by atoms with Crippen molar-refractivity contribution < 1.29 is 9.90 Å². The molecule has 0 amide bonds. The van der Waals surface area contributed by atoms with Crippen molar-refractivity contribution in [2.75, 3.05) is 19.6 Å². The second kappa shape index (κ2) is 11.1. The van der Waals surface area contributed by atoms with Crippen molar-refractivity contribution in [2.45, 2.75) is 32.7 Å². The monoisotopic (exact) mass is 440 g/mol. The number of aliphatic carboxylic acids is 1. The molecule has 1 fully saturated rings. The molecule has 1 aliphatic heterocycles. The Morgan fingerprint density at radius 1 is 0.939 bits per heavy atom. The van der Waals surface area contributed by atoms with Crippen LogP contribution in [-0.4, -0.2) is 41.3 Å². The van der Waals surface area contributed by atoms with Gasteiger partial charge in [0.05, 0.1) is 5.92 Å². The van der Waals surface area contributed by atoms with Gasteiger partial charge in [0.2, 0.25) is 0 Å². The molecular formula is C29H32N2O2. The number of carbonyl (C=O) groups is 1. The smallest absolute Gasteiger partial charge is 0.307 e. The SMILES string of the molecule is C/C(=N\CCCc1ccc(-c2ccccc2)cc1)c1ccc(CN2CCC(C(=O)O)C2)cc1. The van der Waals surface area contributed by atoms with Crippen LogP contribution in [-0.2, 0) is 17.8 Å². The van der Waals surface area contributed by atoms with E-state index in [1.165, 1.54) is 22.3 Å². The van der Waals surface area contributed by atoms with E-state index < -0.39 is 5.97 Å². The molecule has 1 unspecified atom stereocenters. The molecule has 4 rings (SSSR count). The Balaban J connectivity index is 1.23. The van der Waals surface area contributed by atoms with Crippen LogP contribution in [0, 0.1) is 5.92 Å². The summed E-state index contributed by atoms with van der Waals surface area (Å²) in [6.45, 7) is 5.20. The summed E-state index contributed by atoms with van der Waals surface area (Å²) >= 11 is 0. The summed E-state index contributed by atoms with van der Waals surface area (Å²) in [5, 5.41) is 9.16. The van der Waals surface area contributed by atoms with Gasteiger partial charge in [-0.05, 0) is 60.5 Å². The molecule has 0 aromatic heterocycles. The Morgan fingerprint density at radius 2 is 1.61 bits per heavy atom. The third kappa shape index (κ3) is 6.39. The molecule has 0 saturated carbocycles. The fraction of sp³-hybridized carbons (Fsp3) is 0.310. The summed E-state index contributed by atoms with van der Waals surface area (Å²) in [4.78, 5) is 18.1. The van der Waals surface area contributed by atoms with Gasteiger partial charge in [0, 0.05) is 25.3 Å². The largest absolute Gasteiger partial charge is 0.481 e. The molecule has 0 radical (unpaired) electrons. The molecule has 1 aliphatic rings. The second-order valence-corrected chi connectivity index (χ2v) is 8.89. The van der Waals surface area contributed by atoms with E-state index in [1.54, 1.807) is 0 Å². The number of hydrogen-bond donors (Lipinski definition) is 1. The second-order valence-electron chi connectivity index (χ2n) is 8.89. The molecule has 33 heavy (non-hydrogen) atoms. The Hall–Kier alpha value is -3.24. The van der Waals surface area contributed by atoms with Gasteiger partial charge in [0.1, 0.15) is 0 Å². The maximum atomic E-state index is 11.1. The highest BCUT2D eigenvalue weighted by Crippen LogP contribution is 2.20. The Kier molecular flexibility index (Phi) is 7.69. The van der Waals surface area contributed by atoms with E-state index in [1.807, 2.05) is 6.07 Å². The molecular weight excluding hydrogens is 408 g/mol. The third-order valence-corrected chi connectivity index (χ3v) is 6.43. The molecule has 0 bridgehead atoms. The first-order chi connectivity index (χ1) is 16.1. The molecule has 0 spiro atoms. The van der Waals surface area contributed by atoms with Gasteiger partial charge in [-0.3, -0.25) is 14.7 Å². The van der Waals surface area contributed by atoms with Crippen LogP contribution >= 0.6 is 0 Å². The van der Waals surface area contributed by atoms with Gasteiger partial charge in [-0.2, -0.15) is 0 Å². The van der Waals surface area contributed by atoms with Crippen molar-refractivity contribution in [1.82, 2.24) is 4.90 Å². The lowest BCUT2D eigenvalue weighted by molar-refractivity contribution is -0.141. The zero-order valence-electron chi connectivity index (χ0n) is 19.3. The minimum absolute atomic E-state index is 0.222. The van der Waals surface area contributed by atoms with E-state index in [9.17, 15) is 4.79 Å². The van der Waals surface area contributed by atoms with Crippen molar-refractivity contribution in [3.05, 3.63) is 95.6 Å². The minimum atomic E-state index is -0.677. The van der Waals surface area contributed by atoms with Gasteiger partial charge in [0.15, 0.2) is 0 Å². The number of carboxylic acids is 1. The number of carboxylic acid groups (broad SMARTS) is 1. The summed E-state index contributed by atoms with van der Waals surface area (Å²) in [5.74, 6) is -0.899. The van der Waals surface area contributed by atoms with Gasteiger partial charge in [-0.15, -0.1) is 0 Å². The maximum absolute atomic E-state index is 11.1. The van der Waals surface area contributed by atoms with Crippen LogP contribution in [0.2, 0.25) is 0 Å². The summed E-state index contributed by atoms with van der Waals surface area (Å²) in [6, 6.07) is 27.8. The van der Waals surface area contributed by atoms with Gasteiger partial charge >= 0.3 is 5.97 Å². The molecule has 1 saturated heterocycles. The van der Waals surface area contributed by atoms with E-state index in [4.69, 9.17) is 10.1 Å². The van der Waals surface area contributed by atoms with Crippen LogP contribution in [0.25, 0.3) is 11.1 Å². The Labute approximate surface area is 196 Å². The average Bonchev–Trinajstić information content (AvgIpc) is 3.32. The van der Waals surface area contributed by atoms with Crippen LogP contribution in [0.5, 0.6) is 0 Å². The molecule has 1 N–H and O–H groups in total. The fourth-order valence-corrected chi connectivity index (χ4v) is 4.40. The quantitative estimate of drug-likeness (QED) is 0.343. The highest BCUT2D eigenvalue weighted by molar-refractivity contribution is 5.98. The zero-order valence-corrected chi connectivity index (χ0v) is 19.3. The highest BCUT2D eigenvalue weighted by Gasteiger charge is 2.27. The van der Waals surface area contributed by atoms with Gasteiger partial charge in [0.25, 0.3) is 0 Å². The van der Waals surface area contributed by atoms with Crippen molar-refractivity contribution >= 4 is 11.7 Å². The van der Waals surface area contributed by atoms with Crippen LogP contribution in [0.1, 0.15) is 36.5 Å². The Bertz CT molecular complexity index is 1070. The summed E-state index contributed by atoms with van der Waals surface area (Å²) in [7, 11) is 0. The molecule has 4 nitrogen and oxygen atoms in total. The summed E-state index contributed by atoms with van der Waals surface area (Å²) in [6.07, 6.45) is 2.80. The summed E-state index contributed by atoms with van der Waals surface area (Å²) < 4.78 is 0. The van der Waals surface area contributed by atoms with Gasteiger partial charge in [-0.1, -0.05) is 78.9 Å². The first-order valence-corrected chi connectivity index (χ1v) is 11.8. The van der Waals surface area contributed by atoms with E-state index in [0.29, 0.717) is 6.54 Å². The lowest BCUT2D eigenvalue weighted by Gasteiger charge is -2.15. The number of nitrogens with zero attached hydrogens (tertiary/aromatic N) is 2. The number of rotatable bonds is 9. The molecule has 3 aromatic rings. The van der Waals surface area contributed by atoms with Gasteiger partial charge < -0.3 is 5.11 Å². The van der Waals surface area contributed by atoms with Crippen LogP contribution in [0.3, 0.4) is 0 Å². The number of aliphatic imine (C=N–C) groups is 1. The average molecular weight is 441 g/mol. The molecule has 0 aliphatic carbocycles. The van der Waals surface area contributed by atoms with Crippen LogP contribution in [0.4, 0.5) is 0 Å². The molecule has 1 atom stereocenters. The van der Waals surface area contributed by atoms with E-state index >= 15 is 0 Å². The number of hydrogen-bond acceptors (Lipinski definition) is 3. The standard InChI is InChI=1S/C29H32N2O2/c1-22(25-13-11-24(12-14-25)20-31-19-17-28(21-31)29(32)33)30-18-5-6-23-9-15-27(16-10-23)26-7-3-2-4-8-26/h2-4,7-16,28H,5-6,17-21H2,1H3,(H,32,33)/b30-22+. The van der Waals surface area contributed by atoms with Crippen molar-refractivity contribution in [3.8, 4) is 11.1 Å². The molecule has 3 aromatic carbocycles. The Morgan fingerprint density at radius 3 is 2.27 bits per heavy atom. The van der Waals surface area contributed by atoms with Crippen molar-refractivity contribution in [2.24, 2.45) is 10.9 Å². The van der Waals surface area contributed by atoms with Crippen molar-refractivity contribution in [1.29, 1.82) is 0 Å². The van der Waals surface area contributed by atoms with Crippen molar-refractivity contribution in [3.63, 3.8) is 0 Å². The lowest BCUT2D eigenvalue weighted by atomic mass is 10.0. The lowest BCUT2D eigenvalue weighted by Crippen LogP contribution is -2.22. The first kappa shape index (κ1) is 22.9. The van der Waals surface area contributed by atoms with Gasteiger partial charge in [-0.25, -0.2) is 0 Å². The normalized spacial score (nSPS) is 16.8. The molecule has 1 heterocycles. The molecule has 4 heteroatoms. The topological polar surface area (TPSA) is 52.9 Å². The van der Waals surface area contributed by atoms with Crippen LogP contribution < -0.4 is 0 Å². The molecule has 170 valence electrons. The number of benzene rings is 3. The summed E-state index contributed by atoms with van der Waals surface area (Å²) in [5.41, 5.74) is 7.28. The maximum Gasteiger partial charge on any atom is 0.307 e. The predicted molar refractivity (Wildman–Crippen MR) is 135 cm³/mol. The van der Waals surface area contributed by atoms with E-state index in [2.05, 4.69) is 84.6 Å². The number of aryl methyl sites for hydroxylation is 1. The van der Waals surface area contributed by atoms with Crippen LogP contribution in [0.15, 0.2) is 83.9 Å². The fourth-order valence-electron chi connectivity index (χ4n) is 4.40. The van der Waals surface area contributed by atoms with E-state index in [0.717, 1.165) is 50.2 Å². The third-order valence-electron chi connectivity index (χ3n) is 6.43. The van der Waals surface area contributed by atoms with E-state index in [-0.39, 0.29) is 5.92 Å². The number of likely N-dealkylation sites (tertiary alicyclic amines) is 1. The predicted octanol–water partition coefficient (Wildman–Crippen LogP) is 5.70.